The Morgan fingerprint density at radius 2 is 1.72 bits per heavy atom. The molecule has 0 aliphatic carbocycles. The molecule has 2 atom stereocenters. The molecule has 0 radical (unpaired) electrons. The predicted molar refractivity (Wildman–Crippen MR) is 73.7 cm³/mol. The summed E-state index contributed by atoms with van der Waals surface area (Å²) in [6.45, 7) is 0.895. The van der Waals surface area contributed by atoms with E-state index in [1.807, 2.05) is 6.07 Å². The monoisotopic (exact) mass is 256 g/mol. The second-order valence-electron chi connectivity index (χ2n) is 4.62. The Kier molecular flexibility index (Phi) is 2.39. The summed E-state index contributed by atoms with van der Waals surface area (Å²) in [6.07, 6.45) is 1.43. The van der Waals surface area contributed by atoms with Crippen molar-refractivity contribution in [1.29, 1.82) is 0 Å². The van der Waals surface area contributed by atoms with Crippen molar-refractivity contribution in [2.75, 3.05) is 12.8 Å². The highest BCUT2D eigenvalue weighted by Gasteiger charge is 2.33. The summed E-state index contributed by atoms with van der Waals surface area (Å²) in [5.41, 5.74) is 2.54. The summed E-state index contributed by atoms with van der Waals surface area (Å²) in [5.74, 6) is 1.02. The van der Waals surface area contributed by atoms with Crippen LogP contribution in [0.25, 0.3) is 11.1 Å². The third-order valence-electron chi connectivity index (χ3n) is 3.33. The molecule has 2 unspecified atom stereocenters. The Labute approximate surface area is 107 Å². The fourth-order valence-electron chi connectivity index (χ4n) is 2.35. The minimum absolute atomic E-state index is 0.412. The minimum atomic E-state index is -0.576. The molecule has 4 rings (SSSR count). The van der Waals surface area contributed by atoms with Crippen LogP contribution in [0, 0.1) is 0 Å². The molecule has 2 nitrogen and oxygen atoms in total. The number of fused-ring (bicyclic) bond motifs is 3. The number of ether oxygens (including phenoxy) is 1. The maximum Gasteiger partial charge on any atom is 0.131 e. The first-order valence-electron chi connectivity index (χ1n) is 6.17. The van der Waals surface area contributed by atoms with Crippen molar-refractivity contribution in [2.45, 2.75) is 6.10 Å². The molecule has 2 aliphatic rings. The molecule has 2 aromatic rings. The average Bonchev–Trinajstić information content (AvgIpc) is 3.23. The van der Waals surface area contributed by atoms with Gasteiger partial charge in [0.05, 0.1) is 12.7 Å². The molecular formula is C15H13O2P. The van der Waals surface area contributed by atoms with Crippen molar-refractivity contribution >= 4 is 13.5 Å². The van der Waals surface area contributed by atoms with Crippen LogP contribution >= 0.6 is 8.15 Å². The van der Waals surface area contributed by atoms with Crippen LogP contribution < -0.4 is 9.83 Å². The van der Waals surface area contributed by atoms with Gasteiger partial charge in [0.1, 0.15) is 13.9 Å². The van der Waals surface area contributed by atoms with E-state index in [-0.39, 0.29) is 0 Å². The van der Waals surface area contributed by atoms with Crippen LogP contribution in [0.4, 0.5) is 0 Å². The summed E-state index contributed by atoms with van der Waals surface area (Å²) in [5, 5.41) is 1.35. The van der Waals surface area contributed by atoms with Crippen LogP contribution in [-0.4, -0.2) is 18.9 Å². The zero-order valence-electron chi connectivity index (χ0n) is 9.87. The van der Waals surface area contributed by atoms with E-state index in [9.17, 15) is 0 Å². The standard InChI is InChI=1S/C15H13O2P/c1-3-7-14-12(5-1)13-6-2-4-8-15(13)18(17-14)10-11-9-16-11/h1-8,11H,9-10H2. The first-order chi connectivity index (χ1) is 8.92. The molecule has 0 saturated carbocycles. The van der Waals surface area contributed by atoms with Gasteiger partial charge in [-0.2, -0.15) is 0 Å². The summed E-state index contributed by atoms with van der Waals surface area (Å²) in [4.78, 5) is 0. The zero-order chi connectivity index (χ0) is 11.9. The molecule has 18 heavy (non-hydrogen) atoms. The van der Waals surface area contributed by atoms with E-state index in [1.165, 1.54) is 16.4 Å². The zero-order valence-corrected chi connectivity index (χ0v) is 10.8. The Morgan fingerprint density at radius 1 is 1.00 bits per heavy atom. The molecule has 0 spiro atoms. The number of epoxide rings is 1. The molecule has 2 aliphatic heterocycles. The molecule has 2 aromatic carbocycles. The highest BCUT2D eigenvalue weighted by Crippen LogP contribution is 2.49. The van der Waals surface area contributed by atoms with Crippen molar-refractivity contribution in [3.05, 3.63) is 48.5 Å². The summed E-state index contributed by atoms with van der Waals surface area (Å²) in [6, 6.07) is 16.9. The average molecular weight is 256 g/mol. The van der Waals surface area contributed by atoms with Gasteiger partial charge in [-0.25, -0.2) is 0 Å². The molecule has 0 aromatic heterocycles. The quantitative estimate of drug-likeness (QED) is 0.608. The number of benzene rings is 2. The van der Waals surface area contributed by atoms with Crippen molar-refractivity contribution in [3.8, 4) is 16.9 Å². The van der Waals surface area contributed by atoms with Crippen LogP contribution in [0.5, 0.6) is 5.75 Å². The minimum Gasteiger partial charge on any atom is -0.469 e. The maximum atomic E-state index is 6.19. The Bertz CT molecular complexity index is 593. The van der Waals surface area contributed by atoms with Gasteiger partial charge in [-0.1, -0.05) is 42.5 Å². The third kappa shape index (κ3) is 1.73. The van der Waals surface area contributed by atoms with Gasteiger partial charge in [0.15, 0.2) is 0 Å². The lowest BCUT2D eigenvalue weighted by molar-refractivity contribution is 0.423. The van der Waals surface area contributed by atoms with E-state index in [4.69, 9.17) is 9.26 Å². The van der Waals surface area contributed by atoms with Crippen molar-refractivity contribution in [3.63, 3.8) is 0 Å². The molecule has 90 valence electrons. The predicted octanol–water partition coefficient (Wildman–Crippen LogP) is 3.17. The van der Waals surface area contributed by atoms with Gasteiger partial charge < -0.3 is 9.26 Å². The van der Waals surface area contributed by atoms with E-state index < -0.39 is 8.15 Å². The van der Waals surface area contributed by atoms with E-state index in [0.717, 1.165) is 18.5 Å². The first kappa shape index (κ1) is 10.5. The van der Waals surface area contributed by atoms with Crippen LogP contribution in [-0.2, 0) is 4.74 Å². The van der Waals surface area contributed by atoms with Gasteiger partial charge in [-0.05, 0) is 11.6 Å². The van der Waals surface area contributed by atoms with E-state index >= 15 is 0 Å². The van der Waals surface area contributed by atoms with E-state index in [0.29, 0.717) is 6.10 Å². The fourth-order valence-corrected chi connectivity index (χ4v) is 4.41. The second-order valence-corrected chi connectivity index (χ2v) is 6.41. The number of hydrogen-bond acceptors (Lipinski definition) is 2. The van der Waals surface area contributed by atoms with Crippen molar-refractivity contribution < 1.29 is 9.26 Å². The van der Waals surface area contributed by atoms with Crippen LogP contribution in [0.15, 0.2) is 48.5 Å². The van der Waals surface area contributed by atoms with Crippen LogP contribution in [0.3, 0.4) is 0 Å². The Morgan fingerprint density at radius 3 is 2.56 bits per heavy atom. The SMILES string of the molecule is c1ccc2c(c1)OP(CC1CO1)c1ccccc1-2. The number of para-hydroxylation sites is 1. The largest absolute Gasteiger partial charge is 0.469 e. The molecular weight excluding hydrogens is 243 g/mol. The lowest BCUT2D eigenvalue weighted by Gasteiger charge is -2.27. The van der Waals surface area contributed by atoms with Gasteiger partial charge in [0.2, 0.25) is 0 Å². The highest BCUT2D eigenvalue weighted by molar-refractivity contribution is 7.61. The van der Waals surface area contributed by atoms with Gasteiger partial charge in [-0.15, -0.1) is 0 Å². The van der Waals surface area contributed by atoms with Crippen molar-refractivity contribution in [2.24, 2.45) is 0 Å². The van der Waals surface area contributed by atoms with Crippen LogP contribution in [0.1, 0.15) is 0 Å². The molecule has 1 fully saturated rings. The van der Waals surface area contributed by atoms with E-state index in [1.54, 1.807) is 0 Å². The van der Waals surface area contributed by atoms with Crippen molar-refractivity contribution in [1.82, 2.24) is 0 Å². The summed E-state index contributed by atoms with van der Waals surface area (Å²) >= 11 is 0. The summed E-state index contributed by atoms with van der Waals surface area (Å²) < 4.78 is 11.5. The lowest BCUT2D eigenvalue weighted by atomic mass is 10.0. The summed E-state index contributed by atoms with van der Waals surface area (Å²) in [7, 11) is -0.576. The van der Waals surface area contributed by atoms with E-state index in [2.05, 4.69) is 42.5 Å². The smallest absolute Gasteiger partial charge is 0.131 e. The van der Waals surface area contributed by atoms with Gasteiger partial charge in [0.25, 0.3) is 0 Å². The third-order valence-corrected chi connectivity index (χ3v) is 5.41. The number of hydrogen-bond donors (Lipinski definition) is 0. The normalized spacial score (nSPS) is 23.8. The fraction of sp³-hybridized carbons (Fsp3) is 0.200. The van der Waals surface area contributed by atoms with Gasteiger partial charge in [0, 0.05) is 17.0 Å². The molecule has 2 heterocycles. The van der Waals surface area contributed by atoms with Gasteiger partial charge in [-0.3, -0.25) is 0 Å². The topological polar surface area (TPSA) is 21.8 Å². The molecule has 0 bridgehead atoms. The Balaban J connectivity index is 1.83. The molecule has 3 heteroatoms. The molecule has 1 saturated heterocycles. The lowest BCUT2D eigenvalue weighted by Crippen LogP contribution is -2.17. The maximum absolute atomic E-state index is 6.19. The van der Waals surface area contributed by atoms with Gasteiger partial charge >= 0.3 is 0 Å². The number of rotatable bonds is 2. The molecule has 0 amide bonds. The molecule has 0 N–H and O–H groups in total. The Hall–Kier alpha value is -1.37. The second kappa shape index (κ2) is 4.08. The van der Waals surface area contributed by atoms with Crippen LogP contribution in [0.2, 0.25) is 0 Å². The first-order valence-corrected chi connectivity index (χ1v) is 7.62. The highest BCUT2D eigenvalue weighted by atomic mass is 31.1.